The summed E-state index contributed by atoms with van der Waals surface area (Å²) in [5.41, 5.74) is 3.61. The number of nitrogens with zero attached hydrogens (tertiary/aromatic N) is 2. The van der Waals surface area contributed by atoms with Gasteiger partial charge in [0.1, 0.15) is 5.82 Å². The average molecular weight is 473 g/mol. The Labute approximate surface area is 185 Å². The Morgan fingerprint density at radius 1 is 1.03 bits per heavy atom. The molecular weight excluding hydrogens is 447 g/mol. The molecule has 0 bridgehead atoms. The van der Waals surface area contributed by atoms with Crippen molar-refractivity contribution in [3.05, 3.63) is 92.3 Å². The van der Waals surface area contributed by atoms with Crippen molar-refractivity contribution in [1.29, 1.82) is 0 Å². The minimum Gasteiger partial charge on any atom is -0.294 e. The molecule has 1 aliphatic heterocycles. The molecule has 0 aliphatic carbocycles. The molecule has 1 aliphatic rings. The van der Waals surface area contributed by atoms with Crippen LogP contribution in [-0.4, -0.2) is 35.0 Å². The van der Waals surface area contributed by atoms with Gasteiger partial charge in [-0.05, 0) is 71.6 Å². The maximum absolute atomic E-state index is 14.0. The Morgan fingerprint density at radius 3 is 2.59 bits per heavy atom. The molecule has 0 amide bonds. The first-order valence-electron chi connectivity index (χ1n) is 10.0. The van der Waals surface area contributed by atoms with Crippen molar-refractivity contribution in [2.45, 2.75) is 38.5 Å². The van der Waals surface area contributed by atoms with Gasteiger partial charge in [-0.3, -0.25) is 9.80 Å². The summed E-state index contributed by atoms with van der Waals surface area (Å²) in [6.07, 6.45) is 0. The normalized spacial score (nSPS) is 21.9. The summed E-state index contributed by atoms with van der Waals surface area (Å²) in [4.78, 5) is 5.10. The quantitative estimate of drug-likeness (QED) is 0.427. The third kappa shape index (κ3) is 4.80. The largest absolute Gasteiger partial charge is 0.294 e. The van der Waals surface area contributed by atoms with Gasteiger partial charge in [-0.25, -0.2) is 4.39 Å². The number of rotatable bonds is 5. The van der Waals surface area contributed by atoms with E-state index in [4.69, 9.17) is 0 Å². The van der Waals surface area contributed by atoms with E-state index in [0.29, 0.717) is 12.1 Å². The highest BCUT2D eigenvalue weighted by atomic mass is 79.9. The average Bonchev–Trinajstić information content (AvgIpc) is 3.20. The summed E-state index contributed by atoms with van der Waals surface area (Å²) in [5, 5.41) is 4.31. The molecule has 0 radical (unpaired) electrons. The topological polar surface area (TPSA) is 6.48 Å². The first kappa shape index (κ1) is 20.7. The van der Waals surface area contributed by atoms with Crippen LogP contribution >= 0.6 is 27.3 Å². The summed E-state index contributed by atoms with van der Waals surface area (Å²) in [7, 11) is 0. The lowest BCUT2D eigenvalue weighted by Crippen LogP contribution is -2.56. The second-order valence-electron chi connectivity index (χ2n) is 7.97. The van der Waals surface area contributed by atoms with Crippen LogP contribution in [0.15, 0.2) is 69.8 Å². The lowest BCUT2D eigenvalue weighted by Gasteiger charge is -2.47. The number of thiophene rings is 1. The van der Waals surface area contributed by atoms with Gasteiger partial charge in [0.15, 0.2) is 0 Å². The Morgan fingerprint density at radius 2 is 1.86 bits per heavy atom. The number of halogens is 2. The highest BCUT2D eigenvalue weighted by Crippen LogP contribution is 2.35. The summed E-state index contributed by atoms with van der Waals surface area (Å²) in [6, 6.07) is 18.7. The minimum absolute atomic E-state index is 0.0856. The van der Waals surface area contributed by atoms with Crippen LogP contribution in [0.25, 0.3) is 0 Å². The van der Waals surface area contributed by atoms with Crippen LogP contribution < -0.4 is 0 Å². The van der Waals surface area contributed by atoms with E-state index in [1.165, 1.54) is 17.2 Å². The van der Waals surface area contributed by atoms with E-state index < -0.39 is 0 Å². The molecule has 0 saturated carbocycles. The van der Waals surface area contributed by atoms with Gasteiger partial charge in [-0.15, -0.1) is 0 Å². The van der Waals surface area contributed by atoms with Crippen molar-refractivity contribution >= 4 is 27.3 Å². The lowest BCUT2D eigenvalue weighted by atomic mass is 9.95. The lowest BCUT2D eigenvalue weighted by molar-refractivity contribution is 0.0195. The van der Waals surface area contributed by atoms with Crippen molar-refractivity contribution in [3.63, 3.8) is 0 Å². The van der Waals surface area contributed by atoms with Gasteiger partial charge in [-0.2, -0.15) is 11.3 Å². The minimum atomic E-state index is -0.170. The number of benzene rings is 2. The molecule has 2 aromatic carbocycles. The zero-order valence-corrected chi connectivity index (χ0v) is 19.2. The van der Waals surface area contributed by atoms with Crippen molar-refractivity contribution in [2.24, 2.45) is 0 Å². The fourth-order valence-corrected chi connectivity index (χ4v) is 5.48. The molecule has 0 spiro atoms. The molecule has 29 heavy (non-hydrogen) atoms. The van der Waals surface area contributed by atoms with Crippen LogP contribution in [0, 0.1) is 5.82 Å². The molecule has 5 heteroatoms. The summed E-state index contributed by atoms with van der Waals surface area (Å²) in [6.45, 7) is 7.48. The van der Waals surface area contributed by atoms with E-state index in [-0.39, 0.29) is 11.9 Å². The van der Waals surface area contributed by atoms with Crippen molar-refractivity contribution in [2.75, 3.05) is 13.1 Å². The molecule has 0 N–H and O–H groups in total. The van der Waals surface area contributed by atoms with Gasteiger partial charge < -0.3 is 0 Å². The number of hydrogen-bond donors (Lipinski definition) is 0. The first-order valence-corrected chi connectivity index (χ1v) is 11.8. The Balaban J connectivity index is 1.57. The molecule has 3 aromatic rings. The van der Waals surface area contributed by atoms with Crippen molar-refractivity contribution in [3.8, 4) is 0 Å². The van der Waals surface area contributed by atoms with Crippen LogP contribution in [-0.2, 0) is 6.54 Å². The predicted molar refractivity (Wildman–Crippen MR) is 123 cm³/mol. The third-order valence-electron chi connectivity index (χ3n) is 5.79. The molecule has 0 unspecified atom stereocenters. The smallest absolute Gasteiger partial charge is 0.123 e. The fourth-order valence-electron chi connectivity index (χ4n) is 4.36. The molecule has 152 valence electrons. The summed E-state index contributed by atoms with van der Waals surface area (Å²) < 4.78 is 15.1. The molecule has 1 aromatic heterocycles. The van der Waals surface area contributed by atoms with E-state index in [9.17, 15) is 4.39 Å². The van der Waals surface area contributed by atoms with Crippen molar-refractivity contribution in [1.82, 2.24) is 9.80 Å². The molecule has 1 fully saturated rings. The van der Waals surface area contributed by atoms with Gasteiger partial charge >= 0.3 is 0 Å². The second-order valence-corrected chi connectivity index (χ2v) is 9.66. The van der Waals surface area contributed by atoms with Gasteiger partial charge in [-0.1, -0.05) is 40.2 Å². The molecular formula is C24H26BrFN2S. The molecule has 2 nitrogen and oxygen atoms in total. The van der Waals surface area contributed by atoms with E-state index in [2.05, 4.69) is 86.7 Å². The van der Waals surface area contributed by atoms with E-state index in [0.717, 1.165) is 29.7 Å². The van der Waals surface area contributed by atoms with E-state index in [1.54, 1.807) is 17.4 Å². The predicted octanol–water partition coefficient (Wildman–Crippen LogP) is 6.33. The zero-order chi connectivity index (χ0) is 20.4. The monoisotopic (exact) mass is 472 g/mol. The van der Waals surface area contributed by atoms with Gasteiger partial charge in [0.25, 0.3) is 0 Å². The summed E-state index contributed by atoms with van der Waals surface area (Å²) >= 11 is 5.28. The molecule has 2 heterocycles. The summed E-state index contributed by atoms with van der Waals surface area (Å²) in [5.74, 6) is -0.170. The van der Waals surface area contributed by atoms with E-state index >= 15 is 0 Å². The SMILES string of the molecule is C[C@@H]1CN([C@H](c2ccsc2)c2cccc(F)c2)[C@@H](C)CN1Cc1cccc(Br)c1. The van der Waals surface area contributed by atoms with Crippen LogP contribution in [0.1, 0.15) is 36.6 Å². The van der Waals surface area contributed by atoms with Crippen LogP contribution in [0.2, 0.25) is 0 Å². The zero-order valence-electron chi connectivity index (χ0n) is 16.8. The second kappa shape index (κ2) is 9.09. The van der Waals surface area contributed by atoms with Gasteiger partial charge in [0.05, 0.1) is 6.04 Å². The Hall–Kier alpha value is -1.53. The third-order valence-corrected chi connectivity index (χ3v) is 6.99. The highest BCUT2D eigenvalue weighted by Gasteiger charge is 2.35. The standard InChI is InChI=1S/C24H26BrFN2S/c1-17-14-28(18(2)13-27(17)15-19-5-3-7-22(25)11-19)24(21-9-10-29-16-21)20-6-4-8-23(26)12-20/h3-12,16-18,24H,13-15H2,1-2H3/t17-,18+,24+/m1/s1. The number of piperazine rings is 1. The number of hydrogen-bond acceptors (Lipinski definition) is 3. The van der Waals surface area contributed by atoms with Crippen molar-refractivity contribution < 1.29 is 4.39 Å². The molecule has 1 saturated heterocycles. The fraction of sp³-hybridized carbons (Fsp3) is 0.333. The van der Waals surface area contributed by atoms with E-state index in [1.807, 2.05) is 6.07 Å². The maximum atomic E-state index is 14.0. The van der Waals surface area contributed by atoms with Crippen LogP contribution in [0.5, 0.6) is 0 Å². The van der Waals surface area contributed by atoms with Gasteiger partial charge in [0.2, 0.25) is 0 Å². The Kier molecular flexibility index (Phi) is 6.50. The first-order chi connectivity index (χ1) is 14.0. The molecule has 4 rings (SSSR count). The maximum Gasteiger partial charge on any atom is 0.123 e. The molecule has 3 atom stereocenters. The Bertz CT molecular complexity index is 946. The van der Waals surface area contributed by atoms with Gasteiger partial charge in [0, 0.05) is 36.2 Å². The van der Waals surface area contributed by atoms with Crippen LogP contribution in [0.3, 0.4) is 0 Å². The van der Waals surface area contributed by atoms with Crippen LogP contribution in [0.4, 0.5) is 4.39 Å². The highest BCUT2D eigenvalue weighted by molar-refractivity contribution is 9.10.